The Hall–Kier alpha value is -2.48. The minimum Gasteiger partial charge on any atom is -0.378 e. The van der Waals surface area contributed by atoms with Gasteiger partial charge in [-0.3, -0.25) is 10.1 Å². The molecule has 0 aliphatic rings. The quantitative estimate of drug-likeness (QED) is 0.687. The molecule has 0 aliphatic carbocycles. The van der Waals surface area contributed by atoms with Crippen molar-refractivity contribution in [1.29, 1.82) is 0 Å². The summed E-state index contributed by atoms with van der Waals surface area (Å²) in [5, 5.41) is 10.7. The lowest BCUT2D eigenvalue weighted by Gasteiger charge is -2.17. The van der Waals surface area contributed by atoms with E-state index in [-0.39, 0.29) is 22.5 Å². The van der Waals surface area contributed by atoms with E-state index in [2.05, 4.69) is 9.97 Å². The van der Waals surface area contributed by atoms with Gasteiger partial charge in [-0.05, 0) is 17.7 Å². The maximum absolute atomic E-state index is 13.4. The second-order valence-corrected chi connectivity index (χ2v) is 4.71. The van der Waals surface area contributed by atoms with Crippen LogP contribution in [0.1, 0.15) is 5.56 Å². The summed E-state index contributed by atoms with van der Waals surface area (Å²) in [6, 6.07) is 4.41. The fraction of sp³-hybridized carbons (Fsp3) is 0.167. The van der Waals surface area contributed by atoms with Crippen LogP contribution in [-0.2, 0) is 6.54 Å². The van der Waals surface area contributed by atoms with Gasteiger partial charge in [0.25, 0.3) is 0 Å². The van der Waals surface area contributed by atoms with Crippen molar-refractivity contribution in [3.05, 3.63) is 50.9 Å². The van der Waals surface area contributed by atoms with Crippen molar-refractivity contribution in [3.63, 3.8) is 0 Å². The molecule has 2 N–H and O–H groups in total. The lowest BCUT2D eigenvalue weighted by atomic mass is 10.2. The molecule has 1 heterocycles. The molecule has 0 bridgehead atoms. The van der Waals surface area contributed by atoms with Gasteiger partial charge >= 0.3 is 5.69 Å². The summed E-state index contributed by atoms with van der Waals surface area (Å²) in [5.41, 5.74) is 5.80. The van der Waals surface area contributed by atoms with E-state index in [4.69, 9.17) is 17.3 Å². The second-order valence-electron chi connectivity index (χ2n) is 4.30. The average Bonchev–Trinajstić information content (AvgIpc) is 2.42. The van der Waals surface area contributed by atoms with Crippen LogP contribution < -0.4 is 10.6 Å². The highest BCUT2D eigenvalue weighted by Crippen LogP contribution is 2.21. The molecule has 2 rings (SSSR count). The van der Waals surface area contributed by atoms with Crippen molar-refractivity contribution in [3.8, 4) is 0 Å². The highest BCUT2D eigenvalue weighted by atomic mass is 35.5. The molecule has 0 unspecified atom stereocenters. The largest absolute Gasteiger partial charge is 0.378 e. The third kappa shape index (κ3) is 3.34. The first-order valence-electron chi connectivity index (χ1n) is 5.80. The van der Waals surface area contributed by atoms with Crippen LogP contribution in [0.4, 0.5) is 21.8 Å². The van der Waals surface area contributed by atoms with Gasteiger partial charge in [0.15, 0.2) is 0 Å². The van der Waals surface area contributed by atoms with Crippen molar-refractivity contribution in [2.24, 2.45) is 0 Å². The van der Waals surface area contributed by atoms with E-state index in [1.807, 2.05) is 0 Å². The number of nitrogens with zero attached hydrogens (tertiary/aromatic N) is 4. The molecule has 9 heteroatoms. The highest BCUT2D eigenvalue weighted by Gasteiger charge is 2.16. The fourth-order valence-corrected chi connectivity index (χ4v) is 1.80. The van der Waals surface area contributed by atoms with E-state index in [0.29, 0.717) is 12.1 Å². The molecule has 0 fully saturated rings. The first kappa shape index (κ1) is 14.9. The summed E-state index contributed by atoms with van der Waals surface area (Å²) in [6.45, 7) is 0.297. The fourth-order valence-electron chi connectivity index (χ4n) is 1.69. The van der Waals surface area contributed by atoms with Gasteiger partial charge in [0.1, 0.15) is 12.0 Å². The second kappa shape index (κ2) is 5.88. The van der Waals surface area contributed by atoms with Crippen LogP contribution in [0.2, 0.25) is 5.02 Å². The van der Waals surface area contributed by atoms with Crippen LogP contribution in [0.15, 0.2) is 24.4 Å². The van der Waals surface area contributed by atoms with E-state index < -0.39 is 10.7 Å². The van der Waals surface area contributed by atoms with Crippen molar-refractivity contribution in [2.75, 3.05) is 17.7 Å². The van der Waals surface area contributed by atoms with Crippen LogP contribution in [0.25, 0.3) is 0 Å². The van der Waals surface area contributed by atoms with Gasteiger partial charge in [-0.1, -0.05) is 17.7 Å². The summed E-state index contributed by atoms with van der Waals surface area (Å²) in [4.78, 5) is 19.3. The van der Waals surface area contributed by atoms with Gasteiger partial charge < -0.3 is 10.6 Å². The molecule has 0 amide bonds. The Morgan fingerprint density at radius 2 is 2.24 bits per heavy atom. The Morgan fingerprint density at radius 1 is 1.52 bits per heavy atom. The molecule has 1 aromatic carbocycles. The van der Waals surface area contributed by atoms with Crippen molar-refractivity contribution < 1.29 is 9.31 Å². The Kier molecular flexibility index (Phi) is 4.18. The van der Waals surface area contributed by atoms with E-state index in [0.717, 1.165) is 6.20 Å². The molecule has 0 saturated heterocycles. The molecule has 0 saturated carbocycles. The van der Waals surface area contributed by atoms with Crippen molar-refractivity contribution >= 4 is 29.1 Å². The first-order valence-corrected chi connectivity index (χ1v) is 6.18. The number of hydrogen-bond donors (Lipinski definition) is 1. The number of halogens is 2. The topological polar surface area (TPSA) is 98.2 Å². The Bertz CT molecular complexity index is 697. The van der Waals surface area contributed by atoms with E-state index in [1.54, 1.807) is 18.0 Å². The zero-order valence-corrected chi connectivity index (χ0v) is 11.7. The first-order chi connectivity index (χ1) is 9.88. The number of benzene rings is 1. The van der Waals surface area contributed by atoms with Crippen LogP contribution in [-0.4, -0.2) is 21.9 Å². The van der Waals surface area contributed by atoms with Crippen molar-refractivity contribution in [2.45, 2.75) is 6.54 Å². The van der Waals surface area contributed by atoms with E-state index in [1.165, 1.54) is 12.1 Å². The molecule has 21 heavy (non-hydrogen) atoms. The summed E-state index contributed by atoms with van der Waals surface area (Å²) >= 11 is 5.61. The summed E-state index contributed by atoms with van der Waals surface area (Å²) < 4.78 is 13.4. The molecule has 0 aliphatic heterocycles. The standard InChI is InChI=1S/C12H11ClFN5O2/c1-18(6-7-2-3-8(13)9(14)4-7)12-16-5-10(19(20)21)11(15)17-12/h2-5H,6H2,1H3,(H2,15,16,17). The number of aromatic nitrogens is 2. The van der Waals surface area contributed by atoms with Crippen LogP contribution in [0.5, 0.6) is 0 Å². The summed E-state index contributed by atoms with van der Waals surface area (Å²) in [6.07, 6.45) is 1.04. The monoisotopic (exact) mass is 311 g/mol. The molecule has 0 atom stereocenters. The minimum absolute atomic E-state index is 0.0391. The van der Waals surface area contributed by atoms with Gasteiger partial charge in [0.2, 0.25) is 11.8 Å². The highest BCUT2D eigenvalue weighted by molar-refractivity contribution is 6.30. The number of anilines is 2. The zero-order chi connectivity index (χ0) is 15.6. The third-order valence-electron chi connectivity index (χ3n) is 2.73. The van der Waals surface area contributed by atoms with Gasteiger partial charge in [0.05, 0.1) is 9.95 Å². The van der Waals surface area contributed by atoms with E-state index >= 15 is 0 Å². The normalized spacial score (nSPS) is 10.4. The minimum atomic E-state index is -0.659. The molecular weight excluding hydrogens is 301 g/mol. The predicted molar refractivity (Wildman–Crippen MR) is 76.6 cm³/mol. The Morgan fingerprint density at radius 3 is 2.81 bits per heavy atom. The maximum Gasteiger partial charge on any atom is 0.329 e. The zero-order valence-electron chi connectivity index (χ0n) is 11.0. The van der Waals surface area contributed by atoms with E-state index in [9.17, 15) is 14.5 Å². The number of nitrogen functional groups attached to an aromatic ring is 1. The average molecular weight is 312 g/mol. The molecule has 1 aromatic heterocycles. The van der Waals surface area contributed by atoms with Gasteiger partial charge in [-0.2, -0.15) is 4.98 Å². The molecule has 2 aromatic rings. The Labute approximate surface area is 124 Å². The molecule has 0 spiro atoms. The predicted octanol–water partition coefficient (Wildman–Crippen LogP) is 2.40. The smallest absolute Gasteiger partial charge is 0.329 e. The molecular formula is C12H11ClFN5O2. The van der Waals surface area contributed by atoms with Crippen LogP contribution in [0.3, 0.4) is 0 Å². The number of nitrogens with two attached hydrogens (primary N) is 1. The molecule has 110 valence electrons. The number of nitro groups is 1. The lowest BCUT2D eigenvalue weighted by molar-refractivity contribution is -0.384. The molecule has 0 radical (unpaired) electrons. The SMILES string of the molecule is CN(Cc1ccc(Cl)c(F)c1)c1ncc([N+](=O)[O-])c(N)n1. The lowest BCUT2D eigenvalue weighted by Crippen LogP contribution is -2.20. The summed E-state index contributed by atoms with van der Waals surface area (Å²) in [7, 11) is 1.66. The van der Waals surface area contributed by atoms with Crippen LogP contribution in [0, 0.1) is 15.9 Å². The van der Waals surface area contributed by atoms with Gasteiger partial charge in [-0.15, -0.1) is 0 Å². The van der Waals surface area contributed by atoms with Crippen LogP contribution >= 0.6 is 11.6 Å². The maximum atomic E-state index is 13.4. The van der Waals surface area contributed by atoms with Crippen molar-refractivity contribution in [1.82, 2.24) is 9.97 Å². The third-order valence-corrected chi connectivity index (χ3v) is 3.03. The number of hydrogen-bond acceptors (Lipinski definition) is 6. The Balaban J connectivity index is 2.20. The molecule has 7 nitrogen and oxygen atoms in total. The van der Waals surface area contributed by atoms with Gasteiger partial charge in [0, 0.05) is 13.6 Å². The number of rotatable bonds is 4. The summed E-state index contributed by atoms with van der Waals surface area (Å²) in [5.74, 6) is -0.542. The van der Waals surface area contributed by atoms with Gasteiger partial charge in [-0.25, -0.2) is 9.37 Å².